The number of methoxy groups -OCH3 is 1. The maximum Gasteiger partial charge on any atom is 0.320 e. The van der Waals surface area contributed by atoms with Gasteiger partial charge in [-0.25, -0.2) is 4.39 Å². The van der Waals surface area contributed by atoms with Gasteiger partial charge in [0.25, 0.3) is 0 Å². The van der Waals surface area contributed by atoms with Crippen LogP contribution in [0, 0.1) is 5.82 Å². The van der Waals surface area contributed by atoms with Crippen molar-refractivity contribution in [1.29, 1.82) is 0 Å². The number of nitrogens with one attached hydrogen (secondary N) is 1. The zero-order valence-corrected chi connectivity index (χ0v) is 10.6. The summed E-state index contributed by atoms with van der Waals surface area (Å²) in [5.41, 5.74) is 0.611. The van der Waals surface area contributed by atoms with Gasteiger partial charge >= 0.3 is 5.97 Å². The second kappa shape index (κ2) is 6.96. The molecule has 5 heteroatoms. The first-order valence-electron chi connectivity index (χ1n) is 5.87. The third-order valence-corrected chi connectivity index (χ3v) is 2.66. The molecule has 0 aliphatic rings. The highest BCUT2D eigenvalue weighted by atomic mass is 19.1. The molecule has 1 rings (SSSR count). The van der Waals surface area contributed by atoms with Crippen LogP contribution in [0.3, 0.4) is 0 Å². The Hall–Kier alpha value is -1.62. The molecule has 0 spiro atoms. The van der Waals surface area contributed by atoms with Crippen LogP contribution in [-0.4, -0.2) is 24.2 Å². The fourth-order valence-electron chi connectivity index (χ4n) is 1.72. The lowest BCUT2D eigenvalue weighted by molar-refractivity contribution is -0.139. The van der Waals surface area contributed by atoms with Crippen LogP contribution < -0.4 is 10.1 Å². The summed E-state index contributed by atoms with van der Waals surface area (Å²) in [6, 6.07) is 3.56. The molecule has 0 aromatic heterocycles. The van der Waals surface area contributed by atoms with Crippen LogP contribution in [0.2, 0.25) is 0 Å². The van der Waals surface area contributed by atoms with Gasteiger partial charge in [-0.3, -0.25) is 4.79 Å². The number of aliphatic carboxylic acids is 1. The molecule has 0 aliphatic carbocycles. The first kappa shape index (κ1) is 14.4. The van der Waals surface area contributed by atoms with Crippen molar-refractivity contribution < 1.29 is 19.0 Å². The fraction of sp³-hybridized carbons (Fsp3) is 0.462. The predicted octanol–water partition coefficient (Wildman–Crippen LogP) is 2.18. The molecule has 0 heterocycles. The number of carboxylic acid groups (broad SMARTS) is 1. The molecule has 100 valence electrons. The number of benzene rings is 1. The molecule has 1 atom stereocenters. The summed E-state index contributed by atoms with van der Waals surface area (Å²) < 4.78 is 18.2. The number of hydrogen-bond acceptors (Lipinski definition) is 3. The Kier molecular flexibility index (Phi) is 5.58. The molecule has 18 heavy (non-hydrogen) atoms. The highest BCUT2D eigenvalue weighted by molar-refractivity contribution is 5.73. The quantitative estimate of drug-likeness (QED) is 0.784. The fourth-order valence-corrected chi connectivity index (χ4v) is 1.72. The van der Waals surface area contributed by atoms with Crippen LogP contribution >= 0.6 is 0 Å². The lowest BCUT2D eigenvalue weighted by Gasteiger charge is -2.15. The molecule has 1 aromatic rings. The Morgan fingerprint density at radius 2 is 2.28 bits per heavy atom. The number of hydrogen-bond donors (Lipinski definition) is 2. The highest BCUT2D eigenvalue weighted by Gasteiger charge is 2.16. The maximum absolute atomic E-state index is 13.1. The Morgan fingerprint density at radius 1 is 1.56 bits per heavy atom. The Bertz CT molecular complexity index is 409. The zero-order valence-electron chi connectivity index (χ0n) is 10.6. The van der Waals surface area contributed by atoms with E-state index >= 15 is 0 Å². The first-order chi connectivity index (χ1) is 8.58. The van der Waals surface area contributed by atoms with Gasteiger partial charge in [-0.1, -0.05) is 13.3 Å². The van der Waals surface area contributed by atoms with Gasteiger partial charge in [0.2, 0.25) is 0 Å². The van der Waals surface area contributed by atoms with Crippen molar-refractivity contribution >= 4 is 5.97 Å². The molecule has 1 aromatic carbocycles. The summed E-state index contributed by atoms with van der Waals surface area (Å²) in [7, 11) is 1.50. The van der Waals surface area contributed by atoms with E-state index in [0.29, 0.717) is 17.7 Å². The van der Waals surface area contributed by atoms with E-state index in [1.807, 2.05) is 6.92 Å². The lowest BCUT2D eigenvalue weighted by atomic mass is 10.1. The van der Waals surface area contributed by atoms with Gasteiger partial charge in [-0.2, -0.15) is 0 Å². The van der Waals surface area contributed by atoms with E-state index in [-0.39, 0.29) is 12.4 Å². The standard InChI is InChI=1S/C13H18FNO3/c1-3-4-11(13(16)17)15-8-9-7-10(14)5-6-12(9)18-2/h5-7,11,15H,3-4,8H2,1-2H3,(H,16,17). The van der Waals surface area contributed by atoms with Crippen LogP contribution in [0.5, 0.6) is 5.75 Å². The third kappa shape index (κ3) is 4.00. The maximum atomic E-state index is 13.1. The van der Waals surface area contributed by atoms with Crippen molar-refractivity contribution in [2.24, 2.45) is 0 Å². The zero-order chi connectivity index (χ0) is 13.5. The molecule has 0 amide bonds. The summed E-state index contributed by atoms with van der Waals surface area (Å²) in [6.07, 6.45) is 1.30. The number of rotatable bonds is 7. The van der Waals surface area contributed by atoms with Crippen LogP contribution in [-0.2, 0) is 11.3 Å². The SMILES string of the molecule is CCCC(NCc1cc(F)ccc1OC)C(=O)O. The van der Waals surface area contributed by atoms with Gasteiger partial charge in [-0.15, -0.1) is 0 Å². The minimum atomic E-state index is -0.896. The Morgan fingerprint density at radius 3 is 2.83 bits per heavy atom. The van der Waals surface area contributed by atoms with E-state index in [1.54, 1.807) is 0 Å². The molecular formula is C13H18FNO3. The van der Waals surface area contributed by atoms with Crippen molar-refractivity contribution in [1.82, 2.24) is 5.32 Å². The summed E-state index contributed by atoms with van der Waals surface area (Å²) in [4.78, 5) is 11.0. The van der Waals surface area contributed by atoms with Crippen LogP contribution in [0.4, 0.5) is 4.39 Å². The third-order valence-electron chi connectivity index (χ3n) is 2.66. The molecule has 2 N–H and O–H groups in total. The van der Waals surface area contributed by atoms with Crippen molar-refractivity contribution in [2.45, 2.75) is 32.4 Å². The molecule has 0 bridgehead atoms. The van der Waals surface area contributed by atoms with E-state index in [1.165, 1.54) is 25.3 Å². The average Bonchev–Trinajstić information content (AvgIpc) is 2.34. The minimum absolute atomic E-state index is 0.262. The van der Waals surface area contributed by atoms with E-state index in [9.17, 15) is 9.18 Å². The Labute approximate surface area is 106 Å². The van der Waals surface area contributed by atoms with Crippen LogP contribution in [0.25, 0.3) is 0 Å². The molecule has 4 nitrogen and oxygen atoms in total. The van der Waals surface area contributed by atoms with Gasteiger partial charge in [0.05, 0.1) is 7.11 Å². The summed E-state index contributed by atoms with van der Waals surface area (Å²) >= 11 is 0. The number of carbonyl (C=O) groups is 1. The molecule has 1 unspecified atom stereocenters. The number of carboxylic acids is 1. The van der Waals surface area contributed by atoms with Gasteiger partial charge < -0.3 is 15.2 Å². The topological polar surface area (TPSA) is 58.6 Å². The molecule has 0 aliphatic heterocycles. The largest absolute Gasteiger partial charge is 0.496 e. The van der Waals surface area contributed by atoms with E-state index in [0.717, 1.165) is 6.42 Å². The van der Waals surface area contributed by atoms with Gasteiger partial charge in [0, 0.05) is 12.1 Å². The molecule has 0 fully saturated rings. The second-order valence-corrected chi connectivity index (χ2v) is 4.02. The summed E-state index contributed by atoms with van der Waals surface area (Å²) in [6.45, 7) is 2.18. The molecule has 0 radical (unpaired) electrons. The average molecular weight is 255 g/mol. The van der Waals surface area contributed by atoms with Crippen LogP contribution in [0.1, 0.15) is 25.3 Å². The van der Waals surface area contributed by atoms with E-state index in [4.69, 9.17) is 9.84 Å². The predicted molar refractivity (Wildman–Crippen MR) is 66.1 cm³/mol. The lowest BCUT2D eigenvalue weighted by Crippen LogP contribution is -2.36. The first-order valence-corrected chi connectivity index (χ1v) is 5.87. The minimum Gasteiger partial charge on any atom is -0.496 e. The second-order valence-electron chi connectivity index (χ2n) is 4.02. The van der Waals surface area contributed by atoms with Crippen molar-refractivity contribution in [3.63, 3.8) is 0 Å². The Balaban J connectivity index is 2.71. The van der Waals surface area contributed by atoms with Crippen LogP contribution in [0.15, 0.2) is 18.2 Å². The summed E-state index contributed by atoms with van der Waals surface area (Å²) in [5, 5.41) is 11.9. The number of halogens is 1. The van der Waals surface area contributed by atoms with Crippen molar-refractivity contribution in [3.05, 3.63) is 29.6 Å². The molecule has 0 saturated heterocycles. The van der Waals surface area contributed by atoms with E-state index in [2.05, 4.69) is 5.32 Å². The van der Waals surface area contributed by atoms with Gasteiger partial charge in [-0.05, 0) is 24.6 Å². The summed E-state index contributed by atoms with van der Waals surface area (Å²) in [5.74, 6) is -0.716. The molecule has 0 saturated carbocycles. The van der Waals surface area contributed by atoms with E-state index < -0.39 is 12.0 Å². The van der Waals surface area contributed by atoms with Crippen molar-refractivity contribution in [2.75, 3.05) is 7.11 Å². The van der Waals surface area contributed by atoms with Gasteiger partial charge in [0.1, 0.15) is 17.6 Å². The molecular weight excluding hydrogens is 237 g/mol. The normalized spacial score (nSPS) is 12.2. The van der Waals surface area contributed by atoms with Crippen molar-refractivity contribution in [3.8, 4) is 5.75 Å². The smallest absolute Gasteiger partial charge is 0.320 e. The number of ether oxygens (including phenoxy) is 1. The van der Waals surface area contributed by atoms with Gasteiger partial charge in [0.15, 0.2) is 0 Å². The highest BCUT2D eigenvalue weighted by Crippen LogP contribution is 2.19. The monoisotopic (exact) mass is 255 g/mol.